The smallest absolute Gasteiger partial charge is 0.211 e. The lowest BCUT2D eigenvalue weighted by Gasteiger charge is -2.05. The van der Waals surface area contributed by atoms with Crippen LogP contribution in [0, 0.1) is 11.3 Å². The molecule has 1 N–H and O–H groups in total. The van der Waals surface area contributed by atoms with Crippen LogP contribution in [-0.2, 0) is 10.0 Å². The number of nitrogens with one attached hydrogen (secondary N) is 1. The van der Waals surface area contributed by atoms with Crippen LogP contribution in [0.25, 0.3) is 0 Å². The van der Waals surface area contributed by atoms with Gasteiger partial charge < -0.3 is 0 Å². The molecule has 0 aliphatic heterocycles. The molecule has 4 nitrogen and oxygen atoms in total. The summed E-state index contributed by atoms with van der Waals surface area (Å²) >= 11 is 5.33. The summed E-state index contributed by atoms with van der Waals surface area (Å²) in [6.45, 7) is 4.54. The maximum Gasteiger partial charge on any atom is 0.228 e. The first-order valence-electron chi connectivity index (χ1n) is 3.11. The lowest BCUT2D eigenvalue weighted by atomic mass is 10.5. The van der Waals surface area contributed by atoms with E-state index in [1.807, 2.05) is 0 Å². The molecule has 6 heteroatoms. The molecule has 0 saturated carbocycles. The summed E-state index contributed by atoms with van der Waals surface area (Å²) in [5.74, 6) is 0. The van der Waals surface area contributed by atoms with Gasteiger partial charge in [-0.25, -0.2) is 13.1 Å². The van der Waals surface area contributed by atoms with Gasteiger partial charge in [-0.2, -0.15) is 5.26 Å². The fraction of sp³-hybridized carbons (Fsp3) is 0.500. The van der Waals surface area contributed by atoms with Crippen LogP contribution in [-0.4, -0.2) is 20.2 Å². The minimum absolute atomic E-state index is 0.0457. The fourth-order valence-electron chi connectivity index (χ4n) is 0.373. The Hall–Kier alpha value is -0.570. The molecule has 0 saturated heterocycles. The topological polar surface area (TPSA) is 70.0 Å². The van der Waals surface area contributed by atoms with Crippen LogP contribution in [0.4, 0.5) is 0 Å². The van der Waals surface area contributed by atoms with Crippen molar-refractivity contribution in [2.75, 3.05) is 6.54 Å². The molecule has 0 radical (unpaired) electrons. The van der Waals surface area contributed by atoms with E-state index in [2.05, 4.69) is 11.3 Å². The summed E-state index contributed by atoms with van der Waals surface area (Å²) in [5, 5.41) is 7.42. The Morgan fingerprint density at radius 3 is 2.67 bits per heavy atom. The van der Waals surface area contributed by atoms with Gasteiger partial charge in [0.15, 0.2) is 5.25 Å². The van der Waals surface area contributed by atoms with Gasteiger partial charge in [0.1, 0.15) is 0 Å². The van der Waals surface area contributed by atoms with E-state index in [-0.39, 0.29) is 11.6 Å². The molecule has 0 heterocycles. The van der Waals surface area contributed by atoms with Crippen LogP contribution < -0.4 is 4.72 Å². The molecule has 0 aliphatic carbocycles. The number of hydrogen-bond donors (Lipinski definition) is 1. The Balaban J connectivity index is 4.27. The average Bonchev–Trinajstić information content (AvgIpc) is 1.99. The summed E-state index contributed by atoms with van der Waals surface area (Å²) < 4.78 is 24.2. The zero-order valence-corrected chi connectivity index (χ0v) is 8.11. The third-order valence-electron chi connectivity index (χ3n) is 1.11. The second kappa shape index (κ2) is 4.45. The zero-order valence-electron chi connectivity index (χ0n) is 6.54. The molecule has 0 aromatic carbocycles. The van der Waals surface area contributed by atoms with Crippen LogP contribution in [0.15, 0.2) is 11.6 Å². The molecule has 0 aliphatic rings. The predicted molar refractivity (Wildman–Crippen MR) is 47.0 cm³/mol. The van der Waals surface area contributed by atoms with Crippen LogP contribution in [0.1, 0.15) is 6.92 Å². The summed E-state index contributed by atoms with van der Waals surface area (Å²) in [6.07, 6.45) is 0. The Morgan fingerprint density at radius 2 is 2.33 bits per heavy atom. The SMILES string of the molecule is C=C(Cl)CNS(=O)(=O)C(C)C#N. The molecule has 0 bridgehead atoms. The van der Waals surface area contributed by atoms with Gasteiger partial charge in [-0.05, 0) is 6.92 Å². The highest BCUT2D eigenvalue weighted by atomic mass is 35.5. The number of hydrogen-bond acceptors (Lipinski definition) is 3. The Kier molecular flexibility index (Phi) is 4.24. The van der Waals surface area contributed by atoms with Gasteiger partial charge in [0.25, 0.3) is 0 Å². The third-order valence-corrected chi connectivity index (χ3v) is 2.83. The number of nitrogens with zero attached hydrogens (tertiary/aromatic N) is 1. The molecule has 68 valence electrons. The van der Waals surface area contributed by atoms with E-state index in [9.17, 15) is 8.42 Å². The van der Waals surface area contributed by atoms with E-state index in [1.54, 1.807) is 6.07 Å². The Morgan fingerprint density at radius 1 is 1.83 bits per heavy atom. The van der Waals surface area contributed by atoms with Gasteiger partial charge >= 0.3 is 0 Å². The molecule has 0 aromatic heterocycles. The highest BCUT2D eigenvalue weighted by molar-refractivity contribution is 7.90. The molecular weight excluding hydrogens is 200 g/mol. The minimum atomic E-state index is -3.56. The first kappa shape index (κ1) is 11.4. The van der Waals surface area contributed by atoms with Crippen molar-refractivity contribution in [3.05, 3.63) is 11.6 Å². The van der Waals surface area contributed by atoms with E-state index in [1.165, 1.54) is 6.92 Å². The lowest BCUT2D eigenvalue weighted by Crippen LogP contribution is -2.32. The summed E-state index contributed by atoms with van der Waals surface area (Å²) in [6, 6.07) is 1.61. The lowest BCUT2D eigenvalue weighted by molar-refractivity contribution is 0.581. The normalized spacial score (nSPS) is 13.4. The molecule has 0 amide bonds. The predicted octanol–water partition coefficient (Wildman–Crippen LogP) is 0.570. The monoisotopic (exact) mass is 208 g/mol. The van der Waals surface area contributed by atoms with E-state index < -0.39 is 15.3 Å². The molecule has 0 rings (SSSR count). The second-order valence-electron chi connectivity index (χ2n) is 2.15. The average molecular weight is 209 g/mol. The number of halogens is 1. The molecule has 1 unspecified atom stereocenters. The molecule has 0 fully saturated rings. The Labute approximate surface area is 76.9 Å². The van der Waals surface area contributed by atoms with Crippen molar-refractivity contribution in [1.29, 1.82) is 5.26 Å². The van der Waals surface area contributed by atoms with Gasteiger partial charge in [0, 0.05) is 11.6 Å². The van der Waals surface area contributed by atoms with Crippen molar-refractivity contribution >= 4 is 21.6 Å². The van der Waals surface area contributed by atoms with E-state index in [0.29, 0.717) is 0 Å². The van der Waals surface area contributed by atoms with Crippen molar-refractivity contribution in [3.8, 4) is 6.07 Å². The first-order valence-corrected chi connectivity index (χ1v) is 5.04. The zero-order chi connectivity index (χ0) is 9.78. The van der Waals surface area contributed by atoms with Gasteiger partial charge in [-0.15, -0.1) is 0 Å². The van der Waals surface area contributed by atoms with Crippen molar-refractivity contribution in [2.24, 2.45) is 0 Å². The van der Waals surface area contributed by atoms with Crippen molar-refractivity contribution in [2.45, 2.75) is 12.2 Å². The highest BCUT2D eigenvalue weighted by Gasteiger charge is 2.18. The summed E-state index contributed by atoms with van der Waals surface area (Å²) in [5.41, 5.74) is 0. The number of rotatable bonds is 4. The summed E-state index contributed by atoms with van der Waals surface area (Å²) in [7, 11) is -3.56. The van der Waals surface area contributed by atoms with Crippen molar-refractivity contribution < 1.29 is 8.42 Å². The highest BCUT2D eigenvalue weighted by Crippen LogP contribution is 1.99. The van der Waals surface area contributed by atoms with Crippen molar-refractivity contribution in [3.63, 3.8) is 0 Å². The number of sulfonamides is 1. The van der Waals surface area contributed by atoms with E-state index in [0.717, 1.165) is 0 Å². The largest absolute Gasteiger partial charge is 0.228 e. The maximum absolute atomic E-state index is 11.0. The quantitative estimate of drug-likeness (QED) is 0.735. The van der Waals surface area contributed by atoms with Crippen LogP contribution in [0.2, 0.25) is 0 Å². The third kappa shape index (κ3) is 3.72. The fourth-order valence-corrected chi connectivity index (χ4v) is 1.28. The Bertz CT molecular complexity index is 304. The van der Waals surface area contributed by atoms with Crippen LogP contribution in [0.3, 0.4) is 0 Å². The molecule has 0 aromatic rings. The molecule has 0 spiro atoms. The maximum atomic E-state index is 11.0. The molecule has 12 heavy (non-hydrogen) atoms. The van der Waals surface area contributed by atoms with Crippen LogP contribution >= 0.6 is 11.6 Å². The van der Waals surface area contributed by atoms with Crippen LogP contribution in [0.5, 0.6) is 0 Å². The van der Waals surface area contributed by atoms with E-state index >= 15 is 0 Å². The molecular formula is C6H9ClN2O2S. The number of nitriles is 1. The standard InChI is InChI=1S/C6H9ClN2O2S/c1-5(7)4-9-12(10,11)6(2)3-8/h6,9H,1,4H2,2H3. The van der Waals surface area contributed by atoms with Gasteiger partial charge in [-0.3, -0.25) is 0 Å². The van der Waals surface area contributed by atoms with E-state index in [4.69, 9.17) is 16.9 Å². The van der Waals surface area contributed by atoms with Gasteiger partial charge in [-0.1, -0.05) is 18.2 Å². The summed E-state index contributed by atoms with van der Waals surface area (Å²) in [4.78, 5) is 0. The first-order chi connectivity index (χ1) is 5.40. The van der Waals surface area contributed by atoms with Crippen molar-refractivity contribution in [1.82, 2.24) is 4.72 Å². The van der Waals surface area contributed by atoms with Gasteiger partial charge in [0.05, 0.1) is 6.07 Å². The molecule has 1 atom stereocenters. The minimum Gasteiger partial charge on any atom is -0.211 e. The van der Waals surface area contributed by atoms with Gasteiger partial charge in [0.2, 0.25) is 10.0 Å². The second-order valence-corrected chi connectivity index (χ2v) is 4.78.